The Morgan fingerprint density at radius 2 is 1.81 bits per heavy atom. The van der Waals surface area contributed by atoms with Crippen molar-refractivity contribution in [2.45, 2.75) is 13.0 Å². The summed E-state index contributed by atoms with van der Waals surface area (Å²) in [6.45, 7) is 5.54. The summed E-state index contributed by atoms with van der Waals surface area (Å²) < 4.78 is 0. The quantitative estimate of drug-likeness (QED) is 0.710. The van der Waals surface area contributed by atoms with Gasteiger partial charge in [0.25, 0.3) is 0 Å². The first-order valence-corrected chi connectivity index (χ1v) is 9.43. The van der Waals surface area contributed by atoms with E-state index in [9.17, 15) is 0 Å². The van der Waals surface area contributed by atoms with E-state index < -0.39 is 0 Å². The van der Waals surface area contributed by atoms with Crippen molar-refractivity contribution in [2.24, 2.45) is 11.8 Å². The molecular weight excluding hydrogens is 320 g/mol. The van der Waals surface area contributed by atoms with Crippen LogP contribution in [0.5, 0.6) is 0 Å². The molecule has 4 heterocycles. The molecule has 0 saturated carbocycles. The first-order chi connectivity index (χ1) is 12.7. The number of aromatic nitrogens is 2. The van der Waals surface area contributed by atoms with Crippen LogP contribution in [0.4, 0.5) is 5.82 Å². The summed E-state index contributed by atoms with van der Waals surface area (Å²) in [4.78, 5) is 14.3. The molecule has 132 valence electrons. The van der Waals surface area contributed by atoms with Crippen LogP contribution in [0.15, 0.2) is 54.9 Å². The molecule has 0 spiro atoms. The standard InChI is InChI=1S/C22H24N4/c1-15-6-3-4-7-17(15)21-19-14-26(13-16(19)12-25(21)2)22-18-8-5-10-23-20(18)9-11-24-22/h3-11,16,19,21H,12-14H2,1-2H3/t16-,19+,21-/m0/s1. The summed E-state index contributed by atoms with van der Waals surface area (Å²) in [5, 5.41) is 1.16. The maximum atomic E-state index is 4.72. The van der Waals surface area contributed by atoms with Crippen molar-refractivity contribution in [3.8, 4) is 0 Å². The minimum absolute atomic E-state index is 0.499. The second kappa shape index (κ2) is 6.06. The van der Waals surface area contributed by atoms with Crippen LogP contribution in [0.25, 0.3) is 10.9 Å². The predicted octanol–water partition coefficient (Wildman–Crippen LogP) is 3.68. The van der Waals surface area contributed by atoms with Crippen LogP contribution in [0.1, 0.15) is 17.2 Å². The van der Waals surface area contributed by atoms with Crippen LogP contribution < -0.4 is 4.90 Å². The molecule has 2 aliphatic heterocycles. The fourth-order valence-corrected chi connectivity index (χ4v) is 5.06. The Kier molecular flexibility index (Phi) is 3.68. The number of hydrogen-bond acceptors (Lipinski definition) is 4. The first kappa shape index (κ1) is 15.8. The lowest BCUT2D eigenvalue weighted by Crippen LogP contribution is -2.29. The van der Waals surface area contributed by atoms with Crippen molar-refractivity contribution in [3.63, 3.8) is 0 Å². The minimum Gasteiger partial charge on any atom is -0.355 e. The van der Waals surface area contributed by atoms with E-state index in [4.69, 9.17) is 4.98 Å². The van der Waals surface area contributed by atoms with E-state index in [0.717, 1.165) is 36.4 Å². The second-order valence-corrected chi connectivity index (χ2v) is 7.77. The van der Waals surface area contributed by atoms with E-state index in [1.54, 1.807) is 0 Å². The fraction of sp³-hybridized carbons (Fsp3) is 0.364. The molecule has 0 amide bonds. The van der Waals surface area contributed by atoms with Crippen molar-refractivity contribution in [1.82, 2.24) is 14.9 Å². The van der Waals surface area contributed by atoms with Gasteiger partial charge in [-0.05, 0) is 49.2 Å². The molecule has 2 saturated heterocycles. The number of pyridine rings is 2. The summed E-state index contributed by atoms with van der Waals surface area (Å²) in [5.41, 5.74) is 3.91. The minimum atomic E-state index is 0.499. The Labute approximate surface area is 154 Å². The van der Waals surface area contributed by atoms with Crippen LogP contribution in [0.2, 0.25) is 0 Å². The van der Waals surface area contributed by atoms with Crippen molar-refractivity contribution in [2.75, 3.05) is 31.6 Å². The largest absolute Gasteiger partial charge is 0.355 e. The highest BCUT2D eigenvalue weighted by molar-refractivity contribution is 5.89. The van der Waals surface area contributed by atoms with E-state index in [2.05, 4.69) is 59.1 Å². The smallest absolute Gasteiger partial charge is 0.138 e. The zero-order valence-electron chi connectivity index (χ0n) is 15.3. The lowest BCUT2D eigenvalue weighted by Gasteiger charge is -2.28. The highest BCUT2D eigenvalue weighted by Gasteiger charge is 2.46. The molecule has 0 N–H and O–H groups in total. The zero-order valence-corrected chi connectivity index (χ0v) is 15.3. The molecule has 26 heavy (non-hydrogen) atoms. The molecule has 2 fully saturated rings. The van der Waals surface area contributed by atoms with Crippen molar-refractivity contribution in [1.29, 1.82) is 0 Å². The highest BCUT2D eigenvalue weighted by atomic mass is 15.3. The predicted molar refractivity (Wildman–Crippen MR) is 105 cm³/mol. The van der Waals surface area contributed by atoms with Crippen LogP contribution in [-0.4, -0.2) is 41.5 Å². The lowest BCUT2D eigenvalue weighted by molar-refractivity contribution is 0.279. The second-order valence-electron chi connectivity index (χ2n) is 7.77. The molecular formula is C22H24N4. The van der Waals surface area contributed by atoms with Crippen molar-refractivity contribution >= 4 is 16.7 Å². The van der Waals surface area contributed by atoms with Gasteiger partial charge in [0.1, 0.15) is 5.82 Å². The van der Waals surface area contributed by atoms with E-state index in [0.29, 0.717) is 17.9 Å². The van der Waals surface area contributed by atoms with E-state index in [1.165, 1.54) is 11.1 Å². The van der Waals surface area contributed by atoms with E-state index in [1.807, 2.05) is 24.5 Å². The molecule has 3 atom stereocenters. The molecule has 4 heteroatoms. The van der Waals surface area contributed by atoms with Gasteiger partial charge in [-0.2, -0.15) is 0 Å². The van der Waals surface area contributed by atoms with Gasteiger partial charge in [-0.1, -0.05) is 24.3 Å². The molecule has 0 unspecified atom stereocenters. The van der Waals surface area contributed by atoms with Gasteiger partial charge in [-0.15, -0.1) is 0 Å². The summed E-state index contributed by atoms with van der Waals surface area (Å²) in [6.07, 6.45) is 3.75. The number of likely N-dealkylation sites (tertiary alicyclic amines) is 1. The molecule has 0 radical (unpaired) electrons. The van der Waals surface area contributed by atoms with Crippen LogP contribution in [-0.2, 0) is 0 Å². The van der Waals surface area contributed by atoms with Gasteiger partial charge in [-0.3, -0.25) is 9.88 Å². The van der Waals surface area contributed by atoms with Gasteiger partial charge in [0.15, 0.2) is 0 Å². The Balaban J connectivity index is 1.49. The number of aryl methyl sites for hydroxylation is 1. The third-order valence-corrected chi connectivity index (χ3v) is 6.21. The molecule has 3 aromatic rings. The van der Waals surface area contributed by atoms with Gasteiger partial charge in [-0.25, -0.2) is 4.98 Å². The number of rotatable bonds is 2. The maximum absolute atomic E-state index is 4.72. The van der Waals surface area contributed by atoms with Crippen molar-refractivity contribution < 1.29 is 0 Å². The van der Waals surface area contributed by atoms with Gasteiger partial charge in [0, 0.05) is 49.4 Å². The molecule has 0 aliphatic carbocycles. The Bertz CT molecular complexity index is 948. The van der Waals surface area contributed by atoms with E-state index >= 15 is 0 Å². The average Bonchev–Trinajstić information content (AvgIpc) is 3.18. The Morgan fingerprint density at radius 1 is 0.923 bits per heavy atom. The first-order valence-electron chi connectivity index (χ1n) is 9.43. The Hall–Kier alpha value is -2.46. The lowest BCUT2D eigenvalue weighted by atomic mass is 9.88. The third-order valence-electron chi connectivity index (χ3n) is 6.21. The summed E-state index contributed by atoms with van der Waals surface area (Å²) in [7, 11) is 2.28. The molecule has 2 aliphatic rings. The number of benzene rings is 1. The summed E-state index contributed by atoms with van der Waals surface area (Å²) in [5.74, 6) is 2.43. The van der Waals surface area contributed by atoms with E-state index in [-0.39, 0.29) is 0 Å². The monoisotopic (exact) mass is 344 g/mol. The van der Waals surface area contributed by atoms with Crippen molar-refractivity contribution in [3.05, 3.63) is 66.0 Å². The van der Waals surface area contributed by atoms with Gasteiger partial charge < -0.3 is 4.90 Å². The SMILES string of the molecule is Cc1ccccc1[C@H]1[C@@H]2CN(c3nccc4ncccc34)C[C@@H]2CN1C. The number of fused-ring (bicyclic) bond motifs is 2. The van der Waals surface area contributed by atoms with Crippen LogP contribution in [0, 0.1) is 18.8 Å². The van der Waals surface area contributed by atoms with Gasteiger partial charge in [0.05, 0.1) is 5.52 Å². The fourth-order valence-electron chi connectivity index (χ4n) is 5.06. The topological polar surface area (TPSA) is 32.3 Å². The Morgan fingerprint density at radius 3 is 2.69 bits per heavy atom. The number of hydrogen-bond donors (Lipinski definition) is 0. The molecule has 2 aromatic heterocycles. The summed E-state index contributed by atoms with van der Waals surface area (Å²) in [6, 6.07) is 15.5. The third kappa shape index (κ3) is 2.40. The average molecular weight is 344 g/mol. The number of nitrogens with zero attached hydrogens (tertiary/aromatic N) is 4. The van der Waals surface area contributed by atoms with Crippen LogP contribution >= 0.6 is 0 Å². The highest BCUT2D eigenvalue weighted by Crippen LogP contribution is 2.46. The number of anilines is 1. The zero-order chi connectivity index (χ0) is 17.7. The summed E-state index contributed by atoms with van der Waals surface area (Å²) >= 11 is 0. The normalized spacial score (nSPS) is 25.8. The molecule has 0 bridgehead atoms. The van der Waals surface area contributed by atoms with Gasteiger partial charge in [0.2, 0.25) is 0 Å². The van der Waals surface area contributed by atoms with Crippen LogP contribution in [0.3, 0.4) is 0 Å². The maximum Gasteiger partial charge on any atom is 0.138 e. The molecule has 4 nitrogen and oxygen atoms in total. The molecule has 5 rings (SSSR count). The molecule has 1 aromatic carbocycles. The van der Waals surface area contributed by atoms with Gasteiger partial charge >= 0.3 is 0 Å².